The molecule has 0 saturated heterocycles. The van der Waals surface area contributed by atoms with Crippen LogP contribution in [0.15, 0.2) is 71.6 Å². The fraction of sp³-hybridized carbons (Fsp3) is 0.136. The van der Waals surface area contributed by atoms with Gasteiger partial charge in [0.15, 0.2) is 0 Å². The summed E-state index contributed by atoms with van der Waals surface area (Å²) in [5, 5.41) is 24.8. The SMILES string of the molecule is COc1ccc(N(CC(=O)Nc2cccc([N+](=O)[O-])c2)S(=O)(=O)c2ccc(C)c([N+](=O)[O-])c2)cc1. The van der Waals surface area contributed by atoms with Gasteiger partial charge in [0.25, 0.3) is 21.4 Å². The largest absolute Gasteiger partial charge is 0.497 e. The molecule has 0 saturated carbocycles. The van der Waals surface area contributed by atoms with E-state index in [0.29, 0.717) is 5.75 Å². The summed E-state index contributed by atoms with van der Waals surface area (Å²) in [6.45, 7) is 0.765. The van der Waals surface area contributed by atoms with Crippen molar-refractivity contribution in [3.8, 4) is 5.75 Å². The number of sulfonamides is 1. The van der Waals surface area contributed by atoms with Crippen molar-refractivity contribution in [1.82, 2.24) is 0 Å². The quantitative estimate of drug-likeness (QED) is 0.344. The Bertz CT molecular complexity index is 1390. The van der Waals surface area contributed by atoms with Gasteiger partial charge in [-0.1, -0.05) is 12.1 Å². The molecule has 0 radical (unpaired) electrons. The number of hydrogen-bond donors (Lipinski definition) is 1. The van der Waals surface area contributed by atoms with Crippen molar-refractivity contribution in [1.29, 1.82) is 0 Å². The van der Waals surface area contributed by atoms with Gasteiger partial charge in [0.1, 0.15) is 12.3 Å². The minimum Gasteiger partial charge on any atom is -0.497 e. The Balaban J connectivity index is 2.00. The zero-order valence-electron chi connectivity index (χ0n) is 18.6. The van der Waals surface area contributed by atoms with Gasteiger partial charge in [0.05, 0.1) is 27.5 Å². The number of hydrogen-bond acceptors (Lipinski definition) is 8. The van der Waals surface area contributed by atoms with E-state index < -0.39 is 32.3 Å². The first-order valence-corrected chi connectivity index (χ1v) is 11.4. The number of methoxy groups -OCH3 is 1. The minimum atomic E-state index is -4.44. The molecule has 0 heterocycles. The molecule has 0 aromatic heterocycles. The predicted octanol–water partition coefficient (Wildman–Crippen LogP) is 3.65. The van der Waals surface area contributed by atoms with E-state index in [1.54, 1.807) is 0 Å². The van der Waals surface area contributed by atoms with Crippen LogP contribution in [-0.4, -0.2) is 37.8 Å². The maximum Gasteiger partial charge on any atom is 0.273 e. The first-order valence-electron chi connectivity index (χ1n) is 9.99. The molecule has 0 aliphatic carbocycles. The number of ether oxygens (including phenoxy) is 1. The van der Waals surface area contributed by atoms with Gasteiger partial charge in [0.2, 0.25) is 5.91 Å². The standard InChI is InChI=1S/C22H20N4O8S/c1-15-6-11-20(13-21(15)26(30)31)35(32,33)24(17-7-9-19(34-2)10-8-17)14-22(27)23-16-4-3-5-18(12-16)25(28)29/h3-13H,14H2,1-2H3,(H,23,27). The molecule has 3 aromatic rings. The second kappa shape index (κ2) is 10.2. The highest BCUT2D eigenvalue weighted by atomic mass is 32.2. The van der Waals surface area contributed by atoms with Gasteiger partial charge in [-0.2, -0.15) is 0 Å². The van der Waals surface area contributed by atoms with E-state index in [-0.39, 0.29) is 33.2 Å². The summed E-state index contributed by atoms with van der Waals surface area (Å²) in [4.78, 5) is 33.4. The van der Waals surface area contributed by atoms with Gasteiger partial charge in [-0.05, 0) is 43.3 Å². The highest BCUT2D eigenvalue weighted by Gasteiger charge is 2.29. The smallest absolute Gasteiger partial charge is 0.273 e. The summed E-state index contributed by atoms with van der Waals surface area (Å²) < 4.78 is 32.9. The van der Waals surface area contributed by atoms with Crippen molar-refractivity contribution >= 4 is 38.7 Å². The van der Waals surface area contributed by atoms with Crippen molar-refractivity contribution < 1.29 is 27.8 Å². The second-order valence-electron chi connectivity index (χ2n) is 7.27. The molecule has 182 valence electrons. The summed E-state index contributed by atoms with van der Waals surface area (Å²) in [6.07, 6.45) is 0. The number of carbonyl (C=O) groups is 1. The fourth-order valence-electron chi connectivity index (χ4n) is 3.17. The Morgan fingerprint density at radius 1 is 1.00 bits per heavy atom. The molecule has 0 unspecified atom stereocenters. The van der Waals surface area contributed by atoms with Crippen LogP contribution in [0.25, 0.3) is 0 Å². The summed E-state index contributed by atoms with van der Waals surface area (Å²) >= 11 is 0. The zero-order valence-corrected chi connectivity index (χ0v) is 19.4. The molecule has 0 spiro atoms. The Morgan fingerprint density at radius 2 is 1.69 bits per heavy atom. The molecule has 0 bridgehead atoms. The summed E-state index contributed by atoms with van der Waals surface area (Å²) in [5.41, 5.74) is -0.171. The molecule has 0 aliphatic rings. The van der Waals surface area contributed by atoms with E-state index in [1.165, 1.54) is 68.6 Å². The van der Waals surface area contributed by atoms with Crippen molar-refractivity contribution in [2.45, 2.75) is 11.8 Å². The number of anilines is 2. The molecule has 12 nitrogen and oxygen atoms in total. The minimum absolute atomic E-state index is 0.0993. The number of amides is 1. The molecule has 0 aliphatic heterocycles. The van der Waals surface area contributed by atoms with Crippen LogP contribution in [-0.2, 0) is 14.8 Å². The molecule has 1 N–H and O–H groups in total. The molecule has 0 fully saturated rings. The summed E-state index contributed by atoms with van der Waals surface area (Å²) in [5.74, 6) is -0.343. The number of nitro benzene ring substituents is 2. The van der Waals surface area contributed by atoms with Gasteiger partial charge in [-0.25, -0.2) is 8.42 Å². The number of non-ortho nitro benzene ring substituents is 1. The topological polar surface area (TPSA) is 162 Å². The van der Waals surface area contributed by atoms with Gasteiger partial charge in [0, 0.05) is 29.4 Å². The van der Waals surface area contributed by atoms with Crippen molar-refractivity contribution in [2.75, 3.05) is 23.3 Å². The summed E-state index contributed by atoms with van der Waals surface area (Å²) in [6, 6.07) is 14.4. The van der Waals surface area contributed by atoms with E-state index in [2.05, 4.69) is 5.32 Å². The molecule has 13 heteroatoms. The summed E-state index contributed by atoms with van der Waals surface area (Å²) in [7, 11) is -3.00. The van der Waals surface area contributed by atoms with E-state index >= 15 is 0 Å². The van der Waals surface area contributed by atoms with Crippen LogP contribution in [0.4, 0.5) is 22.7 Å². The van der Waals surface area contributed by atoms with E-state index in [1.807, 2.05) is 0 Å². The van der Waals surface area contributed by atoms with Gasteiger partial charge < -0.3 is 10.1 Å². The number of nitrogens with zero attached hydrogens (tertiary/aromatic N) is 3. The van der Waals surface area contributed by atoms with Crippen molar-refractivity contribution in [3.63, 3.8) is 0 Å². The Labute approximate surface area is 200 Å². The molecular formula is C22H20N4O8S. The maximum absolute atomic E-state index is 13.5. The third kappa shape index (κ3) is 5.70. The van der Waals surface area contributed by atoms with Crippen LogP contribution in [0.3, 0.4) is 0 Å². The molecule has 35 heavy (non-hydrogen) atoms. The number of nitrogens with one attached hydrogen (secondary N) is 1. The first kappa shape index (κ1) is 25.1. The lowest BCUT2D eigenvalue weighted by atomic mass is 10.2. The number of nitro groups is 2. The Morgan fingerprint density at radius 3 is 2.29 bits per heavy atom. The average molecular weight is 500 g/mol. The monoisotopic (exact) mass is 500 g/mol. The average Bonchev–Trinajstić information content (AvgIpc) is 2.82. The van der Waals surface area contributed by atoms with Crippen LogP contribution in [0.5, 0.6) is 5.75 Å². The number of aryl methyl sites for hydroxylation is 1. The zero-order chi connectivity index (χ0) is 25.8. The van der Waals surface area contributed by atoms with Crippen LogP contribution >= 0.6 is 0 Å². The number of rotatable bonds is 9. The number of carbonyl (C=O) groups excluding carboxylic acids is 1. The van der Waals surface area contributed by atoms with E-state index in [0.717, 1.165) is 16.4 Å². The van der Waals surface area contributed by atoms with Gasteiger partial charge in [-0.15, -0.1) is 0 Å². The van der Waals surface area contributed by atoms with Crippen LogP contribution in [0.1, 0.15) is 5.56 Å². The van der Waals surface area contributed by atoms with Crippen LogP contribution in [0, 0.1) is 27.2 Å². The van der Waals surface area contributed by atoms with E-state index in [4.69, 9.17) is 4.74 Å². The van der Waals surface area contributed by atoms with E-state index in [9.17, 15) is 33.4 Å². The Kier molecular flexibility index (Phi) is 7.30. The normalized spacial score (nSPS) is 10.9. The van der Waals surface area contributed by atoms with Crippen molar-refractivity contribution in [2.24, 2.45) is 0 Å². The van der Waals surface area contributed by atoms with Gasteiger partial charge in [-0.3, -0.25) is 29.3 Å². The third-order valence-electron chi connectivity index (χ3n) is 4.95. The van der Waals surface area contributed by atoms with Crippen LogP contribution < -0.4 is 14.4 Å². The third-order valence-corrected chi connectivity index (χ3v) is 6.72. The van der Waals surface area contributed by atoms with Crippen LogP contribution in [0.2, 0.25) is 0 Å². The predicted molar refractivity (Wildman–Crippen MR) is 127 cm³/mol. The maximum atomic E-state index is 13.5. The molecule has 3 aromatic carbocycles. The van der Waals surface area contributed by atoms with Gasteiger partial charge >= 0.3 is 0 Å². The highest BCUT2D eigenvalue weighted by Crippen LogP contribution is 2.29. The first-order chi connectivity index (χ1) is 16.5. The lowest BCUT2D eigenvalue weighted by Crippen LogP contribution is -2.38. The fourth-order valence-corrected chi connectivity index (χ4v) is 4.61. The molecule has 1 amide bonds. The lowest BCUT2D eigenvalue weighted by Gasteiger charge is -2.24. The highest BCUT2D eigenvalue weighted by molar-refractivity contribution is 7.92. The lowest BCUT2D eigenvalue weighted by molar-refractivity contribution is -0.385. The Hall–Kier alpha value is -4.52. The molecule has 3 rings (SSSR count). The molecule has 0 atom stereocenters. The molecular weight excluding hydrogens is 480 g/mol. The number of benzene rings is 3. The van der Waals surface area contributed by atoms with Crippen molar-refractivity contribution in [3.05, 3.63) is 92.5 Å². The second-order valence-corrected chi connectivity index (χ2v) is 9.13.